The molecule has 8 heteroatoms. The van der Waals surface area contributed by atoms with Crippen LogP contribution in [0.3, 0.4) is 0 Å². The normalized spacial score (nSPS) is 26.9. The lowest BCUT2D eigenvalue weighted by Crippen LogP contribution is -2.47. The van der Waals surface area contributed by atoms with Crippen molar-refractivity contribution in [1.29, 1.82) is 5.26 Å². The highest BCUT2D eigenvalue weighted by molar-refractivity contribution is 5.95. The van der Waals surface area contributed by atoms with Crippen molar-refractivity contribution >= 4 is 11.9 Å². The summed E-state index contributed by atoms with van der Waals surface area (Å²) in [6.07, 6.45) is 5.90. The van der Waals surface area contributed by atoms with Gasteiger partial charge in [-0.1, -0.05) is 12.1 Å². The first kappa shape index (κ1) is 19.6. The second kappa shape index (κ2) is 6.84. The van der Waals surface area contributed by atoms with Crippen LogP contribution in [0.1, 0.15) is 71.4 Å². The largest absolute Gasteiger partial charge is 0.365 e. The van der Waals surface area contributed by atoms with Crippen LogP contribution in [-0.2, 0) is 23.9 Å². The van der Waals surface area contributed by atoms with Crippen molar-refractivity contribution in [3.05, 3.63) is 52.3 Å². The zero-order valence-electron chi connectivity index (χ0n) is 17.4. The van der Waals surface area contributed by atoms with Crippen LogP contribution in [0.2, 0.25) is 0 Å². The van der Waals surface area contributed by atoms with Gasteiger partial charge in [0, 0.05) is 12.0 Å². The maximum atomic E-state index is 12.5. The molecule has 0 unspecified atom stereocenters. The number of hydrogen-bond donors (Lipinski definition) is 2. The van der Waals surface area contributed by atoms with E-state index >= 15 is 0 Å². The van der Waals surface area contributed by atoms with Gasteiger partial charge in [0.2, 0.25) is 0 Å². The third kappa shape index (κ3) is 2.91. The van der Waals surface area contributed by atoms with Crippen molar-refractivity contribution in [3.63, 3.8) is 0 Å². The minimum Gasteiger partial charge on any atom is -0.365 e. The van der Waals surface area contributed by atoms with Crippen molar-refractivity contribution in [2.24, 2.45) is 11.5 Å². The lowest BCUT2D eigenvalue weighted by Gasteiger charge is -2.53. The number of nitriles is 1. The summed E-state index contributed by atoms with van der Waals surface area (Å²) in [5, 5.41) is 14.0. The lowest BCUT2D eigenvalue weighted by molar-refractivity contribution is 0.0927. The van der Waals surface area contributed by atoms with Gasteiger partial charge in [-0.3, -0.25) is 9.48 Å². The number of primary amides is 2. The zero-order valence-corrected chi connectivity index (χ0v) is 17.4. The number of rotatable bonds is 3. The van der Waals surface area contributed by atoms with Crippen molar-refractivity contribution in [1.82, 2.24) is 14.7 Å². The topological polar surface area (TPSA) is 131 Å². The Labute approximate surface area is 180 Å². The molecular weight excluding hydrogens is 392 g/mol. The fraction of sp³-hybridized carbons (Fsp3) is 0.478. The number of nitrogens with two attached hydrogens (primary N) is 2. The van der Waals surface area contributed by atoms with Crippen LogP contribution in [0.25, 0.3) is 0 Å². The van der Waals surface area contributed by atoms with Gasteiger partial charge in [-0.05, 0) is 61.6 Å². The molecule has 31 heavy (non-hydrogen) atoms. The zero-order chi connectivity index (χ0) is 21.8. The molecule has 0 spiro atoms. The average molecular weight is 419 g/mol. The van der Waals surface area contributed by atoms with Gasteiger partial charge in [0.15, 0.2) is 0 Å². The third-order valence-electron chi connectivity index (χ3n) is 7.91. The Kier molecular flexibility index (Phi) is 4.33. The quantitative estimate of drug-likeness (QED) is 0.791. The molecular formula is C23H26N6O2. The van der Waals surface area contributed by atoms with Crippen LogP contribution in [0.5, 0.6) is 0 Å². The van der Waals surface area contributed by atoms with E-state index in [2.05, 4.69) is 18.2 Å². The Morgan fingerprint density at radius 3 is 2.13 bits per heavy atom. The molecule has 160 valence electrons. The number of aromatic nitrogens is 2. The smallest absolute Gasteiger partial charge is 0.315 e. The number of nitrogens with zero attached hydrogens (tertiary/aromatic N) is 4. The molecule has 3 amide bonds. The Morgan fingerprint density at radius 1 is 0.968 bits per heavy atom. The maximum absolute atomic E-state index is 12.5. The highest BCUT2D eigenvalue weighted by Gasteiger charge is 2.52. The van der Waals surface area contributed by atoms with E-state index in [-0.39, 0.29) is 17.4 Å². The Bertz CT molecular complexity index is 1090. The second-order valence-electron chi connectivity index (χ2n) is 9.27. The highest BCUT2D eigenvalue weighted by Crippen LogP contribution is 2.59. The number of amides is 3. The van der Waals surface area contributed by atoms with Crippen molar-refractivity contribution in [3.8, 4) is 6.07 Å². The molecule has 1 aliphatic heterocycles. The van der Waals surface area contributed by atoms with Gasteiger partial charge in [0.05, 0.1) is 41.7 Å². The van der Waals surface area contributed by atoms with E-state index in [0.717, 1.165) is 44.2 Å². The summed E-state index contributed by atoms with van der Waals surface area (Å²) in [4.78, 5) is 25.7. The predicted octanol–water partition coefficient (Wildman–Crippen LogP) is 2.29. The molecule has 0 radical (unpaired) electrons. The van der Waals surface area contributed by atoms with Gasteiger partial charge in [0.25, 0.3) is 5.91 Å². The molecule has 6 rings (SSSR count). The number of carbonyl (C=O) groups is 2. The molecule has 2 aromatic rings. The molecule has 2 bridgehead atoms. The third-order valence-corrected chi connectivity index (χ3v) is 7.91. The van der Waals surface area contributed by atoms with E-state index in [1.165, 1.54) is 10.5 Å². The van der Waals surface area contributed by atoms with Crippen LogP contribution in [0.4, 0.5) is 4.79 Å². The predicted molar refractivity (Wildman–Crippen MR) is 113 cm³/mol. The van der Waals surface area contributed by atoms with E-state index in [9.17, 15) is 9.59 Å². The first-order valence-corrected chi connectivity index (χ1v) is 10.8. The number of benzene rings is 1. The average Bonchev–Trinajstić information content (AvgIpc) is 3.20. The second-order valence-corrected chi connectivity index (χ2v) is 9.27. The van der Waals surface area contributed by atoms with E-state index in [4.69, 9.17) is 21.8 Å². The van der Waals surface area contributed by atoms with Gasteiger partial charge in [-0.15, -0.1) is 0 Å². The molecule has 3 saturated carbocycles. The van der Waals surface area contributed by atoms with Crippen molar-refractivity contribution < 1.29 is 9.59 Å². The summed E-state index contributed by atoms with van der Waals surface area (Å²) in [6, 6.07) is 9.69. The maximum Gasteiger partial charge on any atom is 0.315 e. The SMILES string of the molecule is N#Cc1ccc(C23CCC(c4nn5c(c4C(N)=O)CN(C(N)=O)CC5)(CC2)CC3)cc1. The summed E-state index contributed by atoms with van der Waals surface area (Å²) in [5.41, 5.74) is 15.3. The monoisotopic (exact) mass is 418 g/mol. The molecule has 3 fully saturated rings. The summed E-state index contributed by atoms with van der Waals surface area (Å²) >= 11 is 0. The lowest BCUT2D eigenvalue weighted by atomic mass is 9.50. The molecule has 4 N–H and O–H groups in total. The number of urea groups is 1. The summed E-state index contributed by atoms with van der Waals surface area (Å²) in [5.74, 6) is -0.480. The van der Waals surface area contributed by atoms with Gasteiger partial charge in [-0.25, -0.2) is 4.79 Å². The first-order chi connectivity index (χ1) is 14.9. The first-order valence-electron chi connectivity index (χ1n) is 10.8. The fourth-order valence-electron chi connectivity index (χ4n) is 6.01. The van der Waals surface area contributed by atoms with Gasteiger partial charge >= 0.3 is 6.03 Å². The standard InChI is InChI=1S/C23H26N6O2/c24-13-15-1-3-16(4-2-15)22-5-8-23(9-6-22,10-7-22)19-18(20(25)30)17-14-28(21(26)31)11-12-29(17)27-19/h1-4H,5-12,14H2,(H2,25,30)(H2,26,31). The number of carbonyl (C=O) groups excluding carboxylic acids is 2. The van der Waals surface area contributed by atoms with Crippen molar-refractivity contribution in [2.45, 2.75) is 62.4 Å². The van der Waals surface area contributed by atoms with E-state index < -0.39 is 11.9 Å². The van der Waals surface area contributed by atoms with Crippen LogP contribution >= 0.6 is 0 Å². The molecule has 8 nitrogen and oxygen atoms in total. The minimum absolute atomic E-state index is 0.130. The number of fused-ring (bicyclic) bond motifs is 4. The highest BCUT2D eigenvalue weighted by atomic mass is 16.2. The van der Waals surface area contributed by atoms with E-state index in [1.807, 2.05) is 16.8 Å². The Morgan fingerprint density at radius 2 is 1.58 bits per heavy atom. The number of hydrogen-bond acceptors (Lipinski definition) is 4. The van der Waals surface area contributed by atoms with Gasteiger partial charge in [0.1, 0.15) is 0 Å². The molecule has 0 atom stereocenters. The molecule has 1 aromatic carbocycles. The summed E-state index contributed by atoms with van der Waals surface area (Å²) in [7, 11) is 0. The molecule has 0 saturated heterocycles. The Balaban J connectivity index is 1.47. The molecule has 2 heterocycles. The Hall–Kier alpha value is -3.34. The van der Waals surface area contributed by atoms with E-state index in [1.54, 1.807) is 0 Å². The van der Waals surface area contributed by atoms with Crippen LogP contribution in [0, 0.1) is 11.3 Å². The van der Waals surface area contributed by atoms with Crippen molar-refractivity contribution in [2.75, 3.05) is 6.54 Å². The molecule has 1 aromatic heterocycles. The molecule has 3 aliphatic carbocycles. The van der Waals surface area contributed by atoms with Gasteiger partial charge < -0.3 is 16.4 Å². The van der Waals surface area contributed by atoms with Crippen LogP contribution < -0.4 is 11.5 Å². The van der Waals surface area contributed by atoms with Crippen LogP contribution in [0.15, 0.2) is 24.3 Å². The van der Waals surface area contributed by atoms with Crippen LogP contribution in [-0.4, -0.2) is 33.2 Å². The summed E-state index contributed by atoms with van der Waals surface area (Å²) < 4.78 is 1.85. The molecule has 4 aliphatic rings. The van der Waals surface area contributed by atoms with Gasteiger partial charge in [-0.2, -0.15) is 10.4 Å². The summed E-state index contributed by atoms with van der Waals surface area (Å²) in [6.45, 7) is 1.27. The fourth-order valence-corrected chi connectivity index (χ4v) is 6.01. The van der Waals surface area contributed by atoms with E-state index in [0.29, 0.717) is 29.9 Å². The minimum atomic E-state index is -0.495.